The average molecular weight is 359 g/mol. The summed E-state index contributed by atoms with van der Waals surface area (Å²) < 4.78 is 28.4. The molecular weight excluding hydrogens is 339 g/mol. The third kappa shape index (κ3) is 3.98. The van der Waals surface area contributed by atoms with Gasteiger partial charge in [0.05, 0.1) is 18.6 Å². The van der Waals surface area contributed by atoms with Gasteiger partial charge < -0.3 is 18.6 Å². The van der Waals surface area contributed by atoms with Crippen LogP contribution in [0.2, 0.25) is 0 Å². The van der Waals surface area contributed by atoms with E-state index in [0.29, 0.717) is 11.0 Å². The number of para-hydroxylation sites is 1. The van der Waals surface area contributed by atoms with Gasteiger partial charge in [-0.1, -0.05) is 12.1 Å². The molecule has 23 heavy (non-hydrogen) atoms. The van der Waals surface area contributed by atoms with Crippen molar-refractivity contribution in [1.82, 2.24) is 0 Å². The number of hydrogen-bond acceptors (Lipinski definition) is 6. The standard InChI is InChI=1S/C15H19O6PS/c1-4-19-22(18,20-5-2)10-23(3)14-13(16)11-8-6-7-9-12(11)21-15(14)17/h6-9H,4-5,10H2,1-3H3/p+1. The molecule has 0 fully saturated rings. The first-order valence-electron chi connectivity index (χ1n) is 7.17. The second-order valence-electron chi connectivity index (χ2n) is 4.78. The molecule has 6 nitrogen and oxygen atoms in total. The van der Waals surface area contributed by atoms with E-state index < -0.39 is 24.1 Å². The maximum atomic E-state index is 12.6. The Bertz CT molecular complexity index is 777. The number of rotatable bonds is 7. The second-order valence-corrected chi connectivity index (χ2v) is 9.23. The third-order valence-electron chi connectivity index (χ3n) is 3.10. The van der Waals surface area contributed by atoms with Crippen molar-refractivity contribution in [2.75, 3.05) is 25.0 Å². The van der Waals surface area contributed by atoms with E-state index >= 15 is 0 Å². The van der Waals surface area contributed by atoms with Gasteiger partial charge in [0.2, 0.25) is 5.49 Å². The second kappa shape index (κ2) is 7.53. The Kier molecular flexibility index (Phi) is 5.92. The highest BCUT2D eigenvalue weighted by Gasteiger charge is 2.38. The molecule has 2 aromatic rings. The fourth-order valence-corrected chi connectivity index (χ4v) is 6.87. The topological polar surface area (TPSA) is 86.0 Å². The monoisotopic (exact) mass is 359 g/mol. The normalized spacial score (nSPS) is 13.3. The van der Waals surface area contributed by atoms with Crippen LogP contribution in [0, 0.1) is 0 Å². The zero-order chi connectivity index (χ0) is 17.0. The van der Waals surface area contributed by atoms with Crippen LogP contribution < -0.4 is 5.63 Å². The van der Waals surface area contributed by atoms with E-state index in [4.69, 9.17) is 13.5 Å². The number of fused-ring (bicyclic) bond motifs is 1. The highest BCUT2D eigenvalue weighted by molar-refractivity contribution is 8.01. The van der Waals surface area contributed by atoms with Crippen LogP contribution in [0.15, 0.2) is 38.4 Å². The van der Waals surface area contributed by atoms with Gasteiger partial charge in [0.1, 0.15) is 11.8 Å². The molecule has 0 aliphatic rings. The fourth-order valence-electron chi connectivity index (χ4n) is 2.23. The fraction of sp³-hybridized carbons (Fsp3) is 0.400. The minimum Gasteiger partial charge on any atom is -0.503 e. The zero-order valence-electron chi connectivity index (χ0n) is 13.3. The Morgan fingerprint density at radius 1 is 1.22 bits per heavy atom. The highest BCUT2D eigenvalue weighted by atomic mass is 32.2. The van der Waals surface area contributed by atoms with Crippen molar-refractivity contribution in [3.8, 4) is 5.75 Å². The maximum Gasteiger partial charge on any atom is 0.396 e. The molecule has 2 rings (SSSR count). The summed E-state index contributed by atoms with van der Waals surface area (Å²) in [5.41, 5.74) is -0.300. The maximum absolute atomic E-state index is 12.6. The molecule has 1 heterocycles. The van der Waals surface area contributed by atoms with Crippen LogP contribution in [-0.2, 0) is 24.5 Å². The quantitative estimate of drug-likeness (QED) is 0.464. The van der Waals surface area contributed by atoms with Gasteiger partial charge in [-0.3, -0.25) is 4.57 Å². The molecule has 1 aromatic carbocycles. The van der Waals surface area contributed by atoms with Crippen LogP contribution in [0.25, 0.3) is 11.0 Å². The first-order valence-corrected chi connectivity index (χ1v) is 10.7. The Hall–Kier alpha value is -1.27. The van der Waals surface area contributed by atoms with Gasteiger partial charge in [0.15, 0.2) is 5.75 Å². The van der Waals surface area contributed by atoms with Crippen molar-refractivity contribution < 1.29 is 23.1 Å². The molecular formula is C15H20O6PS+. The van der Waals surface area contributed by atoms with Crippen molar-refractivity contribution in [2.24, 2.45) is 0 Å². The first kappa shape index (κ1) is 18.1. The van der Waals surface area contributed by atoms with Crippen molar-refractivity contribution in [3.63, 3.8) is 0 Å². The van der Waals surface area contributed by atoms with Crippen molar-refractivity contribution >= 4 is 29.5 Å². The molecule has 0 spiro atoms. The minimum absolute atomic E-state index is 0.0192. The lowest BCUT2D eigenvalue weighted by molar-refractivity contribution is 0.224. The number of aromatic hydroxyl groups is 1. The summed E-state index contributed by atoms with van der Waals surface area (Å²) in [7, 11) is -4.17. The summed E-state index contributed by atoms with van der Waals surface area (Å²) in [5.74, 6) is -0.137. The van der Waals surface area contributed by atoms with Crippen LogP contribution in [0.1, 0.15) is 13.8 Å². The summed E-state index contributed by atoms with van der Waals surface area (Å²) in [5, 5.41) is 10.9. The Morgan fingerprint density at radius 3 is 2.43 bits per heavy atom. The molecule has 0 amide bonds. The Morgan fingerprint density at radius 2 is 1.83 bits per heavy atom. The van der Waals surface area contributed by atoms with E-state index in [0.717, 1.165) is 0 Å². The molecule has 0 radical (unpaired) electrons. The molecule has 126 valence electrons. The molecule has 0 aliphatic carbocycles. The summed E-state index contributed by atoms with van der Waals surface area (Å²) in [6, 6.07) is 6.73. The van der Waals surface area contributed by atoms with Crippen LogP contribution >= 0.6 is 7.60 Å². The molecule has 1 atom stereocenters. The lowest BCUT2D eigenvalue weighted by Gasteiger charge is -2.15. The number of hydrogen-bond donors (Lipinski definition) is 1. The summed E-state index contributed by atoms with van der Waals surface area (Å²) in [6.45, 7) is 3.93. The van der Waals surface area contributed by atoms with E-state index in [1.54, 1.807) is 44.4 Å². The van der Waals surface area contributed by atoms with E-state index in [1.165, 1.54) is 0 Å². The van der Waals surface area contributed by atoms with E-state index in [-0.39, 0.29) is 29.4 Å². The summed E-state index contributed by atoms with van der Waals surface area (Å²) in [6.07, 6.45) is 1.71. The molecule has 0 aliphatic heterocycles. The SMILES string of the molecule is CCOP(=O)(C[S+](C)c1c(O)c2ccccc2oc1=O)OCC. The van der Waals surface area contributed by atoms with Gasteiger partial charge in [0, 0.05) is 10.9 Å². The van der Waals surface area contributed by atoms with Crippen LogP contribution in [0.4, 0.5) is 0 Å². The number of benzene rings is 1. The lowest BCUT2D eigenvalue weighted by Crippen LogP contribution is -2.18. The zero-order valence-corrected chi connectivity index (χ0v) is 15.0. The van der Waals surface area contributed by atoms with E-state index in [9.17, 15) is 14.5 Å². The lowest BCUT2D eigenvalue weighted by atomic mass is 10.2. The molecule has 1 aromatic heterocycles. The van der Waals surface area contributed by atoms with E-state index in [2.05, 4.69) is 0 Å². The van der Waals surface area contributed by atoms with Crippen LogP contribution in [0.3, 0.4) is 0 Å². The van der Waals surface area contributed by atoms with Gasteiger partial charge in [-0.2, -0.15) is 0 Å². The molecule has 1 N–H and O–H groups in total. The van der Waals surface area contributed by atoms with Gasteiger partial charge in [0.25, 0.3) is 4.90 Å². The largest absolute Gasteiger partial charge is 0.503 e. The third-order valence-corrected chi connectivity index (χ3v) is 8.27. The van der Waals surface area contributed by atoms with Crippen molar-refractivity contribution in [2.45, 2.75) is 18.7 Å². The predicted molar refractivity (Wildman–Crippen MR) is 91.4 cm³/mol. The van der Waals surface area contributed by atoms with Gasteiger partial charge >= 0.3 is 13.2 Å². The Labute approximate surface area is 137 Å². The summed E-state index contributed by atoms with van der Waals surface area (Å²) >= 11 is 0. The van der Waals surface area contributed by atoms with Crippen molar-refractivity contribution in [1.29, 1.82) is 0 Å². The molecule has 0 saturated carbocycles. The van der Waals surface area contributed by atoms with Crippen LogP contribution in [-0.4, -0.2) is 30.1 Å². The van der Waals surface area contributed by atoms with Gasteiger partial charge in [-0.15, -0.1) is 0 Å². The minimum atomic E-state index is -3.32. The van der Waals surface area contributed by atoms with Gasteiger partial charge in [-0.05, 0) is 26.0 Å². The molecule has 8 heteroatoms. The summed E-state index contributed by atoms with van der Waals surface area (Å²) in [4.78, 5) is 12.3. The first-order chi connectivity index (χ1) is 10.9. The van der Waals surface area contributed by atoms with Crippen molar-refractivity contribution in [3.05, 3.63) is 34.7 Å². The van der Waals surface area contributed by atoms with Gasteiger partial charge in [-0.25, -0.2) is 4.79 Å². The molecule has 0 bridgehead atoms. The highest BCUT2D eigenvalue weighted by Crippen LogP contribution is 2.50. The smallest absolute Gasteiger partial charge is 0.396 e. The Balaban J connectivity index is 2.43. The predicted octanol–water partition coefficient (Wildman–Crippen LogP) is 3.33. The van der Waals surface area contributed by atoms with Crippen LogP contribution in [0.5, 0.6) is 5.75 Å². The average Bonchev–Trinajstić information content (AvgIpc) is 2.47. The molecule has 0 saturated heterocycles. The molecule has 1 unspecified atom stereocenters. The van der Waals surface area contributed by atoms with E-state index in [1.807, 2.05) is 0 Å².